The Labute approximate surface area is 75.8 Å². The largest absolute Gasteiger partial charge is 0.229 e. The van der Waals surface area contributed by atoms with Crippen molar-refractivity contribution in [2.24, 2.45) is 0 Å². The predicted octanol–water partition coefficient (Wildman–Crippen LogP) is 1.30. The molecule has 0 spiro atoms. The van der Waals surface area contributed by atoms with Crippen LogP contribution in [0.1, 0.15) is 12.8 Å². The molecule has 0 aromatic heterocycles. The maximum atomic E-state index is 11.0. The van der Waals surface area contributed by atoms with Gasteiger partial charge in [0.05, 0.1) is 11.5 Å². The number of hydrogen-bond acceptors (Lipinski definition) is 2. The van der Waals surface area contributed by atoms with Gasteiger partial charge in [0, 0.05) is 5.88 Å². The van der Waals surface area contributed by atoms with Gasteiger partial charge in [-0.05, 0) is 19.0 Å². The van der Waals surface area contributed by atoms with Crippen LogP contribution in [0, 0.1) is 0 Å². The topological polar surface area (TPSA) is 34.1 Å². The molecule has 68 valence electrons. The van der Waals surface area contributed by atoms with Crippen LogP contribution in [0.15, 0.2) is 0 Å². The first-order valence-corrected chi connectivity index (χ1v) is 6.76. The first kappa shape index (κ1) is 11.7. The summed E-state index contributed by atoms with van der Waals surface area (Å²) in [5, 5.41) is 0. The molecule has 0 radical (unpaired) electrons. The van der Waals surface area contributed by atoms with E-state index in [0.717, 1.165) is 19.0 Å². The van der Waals surface area contributed by atoms with E-state index >= 15 is 0 Å². The standard InChI is InChI=1S/C6H14ClO2PS/c7-3-6-11(8,9)5-2-1-4-10/h1-6,10H2. The summed E-state index contributed by atoms with van der Waals surface area (Å²) in [6.07, 6.45) is 2.67. The molecular weight excluding hydrogens is 203 g/mol. The number of rotatable bonds is 6. The second-order valence-corrected chi connectivity index (χ2v) is 5.60. The summed E-state index contributed by atoms with van der Waals surface area (Å²) >= 11 is 5.32. The second kappa shape index (κ2) is 6.22. The number of halogens is 1. The van der Waals surface area contributed by atoms with E-state index in [-0.39, 0.29) is 17.4 Å². The molecule has 0 heterocycles. The van der Waals surface area contributed by atoms with Crippen molar-refractivity contribution in [3.8, 4) is 0 Å². The first-order chi connectivity index (χ1) is 5.12. The van der Waals surface area contributed by atoms with Crippen LogP contribution in [0.3, 0.4) is 0 Å². The third-order valence-corrected chi connectivity index (χ3v) is 3.86. The summed E-state index contributed by atoms with van der Waals surface area (Å²) in [4.78, 5) is 0. The summed E-state index contributed by atoms with van der Waals surface area (Å²) < 4.78 is 22.0. The van der Waals surface area contributed by atoms with Gasteiger partial charge in [-0.2, -0.15) is 0 Å². The monoisotopic (exact) mass is 216 g/mol. The molecule has 0 aliphatic heterocycles. The fraction of sp³-hybridized carbons (Fsp3) is 1.00. The normalized spacial score (nSPS) is 11.8. The van der Waals surface area contributed by atoms with Gasteiger partial charge in [0.2, 0.25) is 0 Å². The molecule has 0 amide bonds. The Kier molecular flexibility index (Phi) is 6.59. The molecule has 0 bridgehead atoms. The van der Waals surface area contributed by atoms with Crippen LogP contribution in [-0.4, -0.2) is 32.0 Å². The molecule has 0 aromatic rings. The first-order valence-electron chi connectivity index (χ1n) is 3.59. The molecule has 0 rings (SSSR count). The van der Waals surface area contributed by atoms with Crippen molar-refractivity contribution in [1.82, 2.24) is 0 Å². The Morgan fingerprint density at radius 3 is 2.27 bits per heavy atom. The summed E-state index contributed by atoms with van der Waals surface area (Å²) in [7, 11) is -0.268. The summed E-state index contributed by atoms with van der Waals surface area (Å²) in [5.74, 6) is 0.614. The third kappa shape index (κ3) is 7.04. The minimum Gasteiger partial charge on any atom is -0.229 e. The second-order valence-electron chi connectivity index (χ2n) is 2.34. The zero-order chi connectivity index (χ0) is 8.74. The van der Waals surface area contributed by atoms with Gasteiger partial charge in [-0.1, -0.05) is 0 Å². The van der Waals surface area contributed by atoms with Crippen LogP contribution < -0.4 is 0 Å². The Bertz CT molecular complexity index is 179. The van der Waals surface area contributed by atoms with E-state index in [0.29, 0.717) is 0 Å². The number of sulfone groups is 1. The van der Waals surface area contributed by atoms with Gasteiger partial charge in [-0.25, -0.2) is 8.42 Å². The van der Waals surface area contributed by atoms with Crippen LogP contribution in [-0.2, 0) is 9.84 Å². The summed E-state index contributed by atoms with van der Waals surface area (Å²) in [6.45, 7) is 0. The van der Waals surface area contributed by atoms with Gasteiger partial charge in [0.15, 0.2) is 9.84 Å². The molecule has 0 N–H and O–H groups in total. The van der Waals surface area contributed by atoms with Crippen molar-refractivity contribution in [2.75, 3.05) is 23.5 Å². The molecule has 0 saturated carbocycles. The number of alkyl halides is 1. The Balaban J connectivity index is 3.56. The SMILES string of the molecule is O=S(=O)(CCCl)CCCCP. The highest BCUT2D eigenvalue weighted by molar-refractivity contribution is 7.91. The average molecular weight is 217 g/mol. The van der Waals surface area contributed by atoms with E-state index in [1.54, 1.807) is 0 Å². The van der Waals surface area contributed by atoms with Gasteiger partial charge in [0.1, 0.15) is 0 Å². The molecular formula is C6H14ClO2PS. The minimum absolute atomic E-state index is 0.116. The fourth-order valence-corrected chi connectivity index (χ4v) is 2.76. The number of unbranched alkanes of at least 4 members (excludes halogenated alkanes) is 1. The van der Waals surface area contributed by atoms with Gasteiger partial charge >= 0.3 is 0 Å². The molecule has 0 aliphatic carbocycles. The molecule has 0 aromatic carbocycles. The van der Waals surface area contributed by atoms with Gasteiger partial charge in [-0.15, -0.1) is 20.8 Å². The highest BCUT2D eigenvalue weighted by Gasteiger charge is 2.07. The van der Waals surface area contributed by atoms with Crippen molar-refractivity contribution in [3.63, 3.8) is 0 Å². The van der Waals surface area contributed by atoms with Crippen LogP contribution in [0.2, 0.25) is 0 Å². The molecule has 1 atom stereocenters. The van der Waals surface area contributed by atoms with Gasteiger partial charge in [0.25, 0.3) is 0 Å². The van der Waals surface area contributed by atoms with E-state index in [1.165, 1.54) is 0 Å². The van der Waals surface area contributed by atoms with E-state index in [2.05, 4.69) is 9.24 Å². The van der Waals surface area contributed by atoms with E-state index in [1.807, 2.05) is 0 Å². The lowest BCUT2D eigenvalue weighted by molar-refractivity contribution is 0.594. The average Bonchev–Trinajstić information content (AvgIpc) is 1.87. The Morgan fingerprint density at radius 1 is 1.18 bits per heavy atom. The zero-order valence-corrected chi connectivity index (χ0v) is 9.15. The zero-order valence-electron chi connectivity index (χ0n) is 6.42. The van der Waals surface area contributed by atoms with Crippen molar-refractivity contribution in [3.05, 3.63) is 0 Å². The molecule has 1 unspecified atom stereocenters. The highest BCUT2D eigenvalue weighted by Crippen LogP contribution is 2.00. The molecule has 5 heteroatoms. The van der Waals surface area contributed by atoms with Gasteiger partial charge < -0.3 is 0 Å². The molecule has 0 aliphatic rings. The Hall–Kier alpha value is 0.670. The summed E-state index contributed by atoms with van der Waals surface area (Å²) in [6, 6.07) is 0. The predicted molar refractivity (Wildman–Crippen MR) is 53.2 cm³/mol. The lowest BCUT2D eigenvalue weighted by Crippen LogP contribution is -2.12. The van der Waals surface area contributed by atoms with Crippen molar-refractivity contribution in [2.45, 2.75) is 12.8 Å². The maximum absolute atomic E-state index is 11.0. The maximum Gasteiger partial charge on any atom is 0.151 e. The van der Waals surface area contributed by atoms with Crippen molar-refractivity contribution in [1.29, 1.82) is 0 Å². The summed E-state index contributed by atoms with van der Waals surface area (Å²) in [5.41, 5.74) is 0. The van der Waals surface area contributed by atoms with E-state index in [4.69, 9.17) is 11.6 Å². The number of hydrogen-bond donors (Lipinski definition) is 0. The molecule has 11 heavy (non-hydrogen) atoms. The lowest BCUT2D eigenvalue weighted by Gasteiger charge is -1.99. The highest BCUT2D eigenvalue weighted by atomic mass is 35.5. The minimum atomic E-state index is -2.85. The third-order valence-electron chi connectivity index (χ3n) is 1.30. The smallest absolute Gasteiger partial charge is 0.151 e. The molecule has 0 saturated heterocycles. The van der Waals surface area contributed by atoms with E-state index < -0.39 is 9.84 Å². The quantitative estimate of drug-likeness (QED) is 0.381. The molecule has 2 nitrogen and oxygen atoms in total. The fourth-order valence-electron chi connectivity index (χ4n) is 0.686. The van der Waals surface area contributed by atoms with Crippen LogP contribution >= 0.6 is 20.8 Å². The van der Waals surface area contributed by atoms with Crippen LogP contribution in [0.5, 0.6) is 0 Å². The van der Waals surface area contributed by atoms with Gasteiger partial charge in [-0.3, -0.25) is 0 Å². The van der Waals surface area contributed by atoms with Crippen molar-refractivity contribution >= 4 is 30.7 Å². The Morgan fingerprint density at radius 2 is 1.82 bits per heavy atom. The van der Waals surface area contributed by atoms with E-state index in [9.17, 15) is 8.42 Å². The lowest BCUT2D eigenvalue weighted by atomic mass is 10.4. The van der Waals surface area contributed by atoms with Crippen molar-refractivity contribution < 1.29 is 8.42 Å². The van der Waals surface area contributed by atoms with Crippen LogP contribution in [0.4, 0.5) is 0 Å². The molecule has 0 fully saturated rings. The van der Waals surface area contributed by atoms with Crippen LogP contribution in [0.25, 0.3) is 0 Å².